The van der Waals surface area contributed by atoms with Gasteiger partial charge in [-0.1, -0.05) is 6.92 Å². The molecule has 2 N–H and O–H groups in total. The summed E-state index contributed by atoms with van der Waals surface area (Å²) in [5, 5.41) is 13.5. The van der Waals surface area contributed by atoms with Gasteiger partial charge >= 0.3 is 0 Å². The fraction of sp³-hybridized carbons (Fsp3) is 0.500. The number of carbonyl (C=O) groups excluding carboxylic acids is 1. The molecule has 1 aliphatic rings. The van der Waals surface area contributed by atoms with E-state index in [1.54, 1.807) is 23.7 Å². The van der Waals surface area contributed by atoms with Crippen LogP contribution in [0, 0.1) is 23.2 Å². The van der Waals surface area contributed by atoms with Crippen molar-refractivity contribution in [3.8, 4) is 6.07 Å². The largest absolute Gasteiger partial charge is 0.369 e. The number of anilines is 1. The summed E-state index contributed by atoms with van der Waals surface area (Å²) in [5.41, 5.74) is 8.24. The van der Waals surface area contributed by atoms with Crippen LogP contribution in [0.3, 0.4) is 0 Å². The predicted molar refractivity (Wildman–Crippen MR) is 92.7 cm³/mol. The molecule has 2 aromatic rings. The summed E-state index contributed by atoms with van der Waals surface area (Å²) in [5.74, 6) is 0.942. The second-order valence-electron chi connectivity index (χ2n) is 6.91. The van der Waals surface area contributed by atoms with Gasteiger partial charge in [-0.3, -0.25) is 4.79 Å². The van der Waals surface area contributed by atoms with Gasteiger partial charge in [0.25, 0.3) is 0 Å². The maximum absolute atomic E-state index is 12.0. The first kappa shape index (κ1) is 16.5. The van der Waals surface area contributed by atoms with Crippen LogP contribution < -0.4 is 10.6 Å². The summed E-state index contributed by atoms with van der Waals surface area (Å²) in [6.07, 6.45) is 3.29. The molecular formula is C18H23N5O. The normalized spacial score (nSPS) is 22.3. The zero-order valence-electron chi connectivity index (χ0n) is 14.1. The third-order valence-electron chi connectivity index (χ3n) is 4.73. The standard InChI is InChI=1S/C18H23N5O/c1-12-7-14(8-18(24)13(2)20)11-22(10-12)16-4-3-15(9-19)23-17(16)5-6-21-23/h3-6,12-14H,7-8,10-11,20H2,1-2H3/t12-,13-,14-/m0/s1. The summed E-state index contributed by atoms with van der Waals surface area (Å²) >= 11 is 0. The van der Waals surface area contributed by atoms with E-state index in [2.05, 4.69) is 23.0 Å². The number of piperidine rings is 1. The minimum atomic E-state index is -0.396. The van der Waals surface area contributed by atoms with Crippen molar-refractivity contribution in [3.63, 3.8) is 0 Å². The number of carbonyl (C=O) groups is 1. The van der Waals surface area contributed by atoms with Crippen molar-refractivity contribution in [3.05, 3.63) is 30.1 Å². The SMILES string of the molecule is C[C@H]1C[C@@H](CC(=O)[C@H](C)N)CN(c2ccc(C#N)n3nccc23)C1. The Kier molecular flexibility index (Phi) is 4.54. The zero-order valence-corrected chi connectivity index (χ0v) is 14.1. The molecule has 3 atom stereocenters. The van der Waals surface area contributed by atoms with E-state index in [0.29, 0.717) is 24.0 Å². The number of pyridine rings is 1. The Bertz CT molecular complexity index is 788. The maximum Gasteiger partial charge on any atom is 0.149 e. The first-order chi connectivity index (χ1) is 11.5. The van der Waals surface area contributed by atoms with E-state index in [9.17, 15) is 10.1 Å². The van der Waals surface area contributed by atoms with Crippen molar-refractivity contribution in [1.82, 2.24) is 9.61 Å². The third-order valence-corrected chi connectivity index (χ3v) is 4.73. The number of hydrogen-bond acceptors (Lipinski definition) is 5. The number of Topliss-reactive ketones (excluding diaryl/α,β-unsaturated/α-hetero) is 1. The number of ketones is 1. The molecule has 126 valence electrons. The predicted octanol–water partition coefficient (Wildman–Crippen LogP) is 1.97. The van der Waals surface area contributed by atoms with Crippen LogP contribution in [0.15, 0.2) is 24.4 Å². The van der Waals surface area contributed by atoms with Crippen molar-refractivity contribution < 1.29 is 4.79 Å². The lowest BCUT2D eigenvalue weighted by Gasteiger charge is -2.38. The van der Waals surface area contributed by atoms with Gasteiger partial charge in [0.15, 0.2) is 0 Å². The lowest BCUT2D eigenvalue weighted by Crippen LogP contribution is -2.42. The summed E-state index contributed by atoms with van der Waals surface area (Å²) in [4.78, 5) is 14.3. The number of aromatic nitrogens is 2. The number of hydrogen-bond donors (Lipinski definition) is 1. The second kappa shape index (κ2) is 6.62. The van der Waals surface area contributed by atoms with Crippen LogP contribution in [0.4, 0.5) is 5.69 Å². The molecule has 0 saturated carbocycles. The molecule has 0 aliphatic carbocycles. The molecule has 0 spiro atoms. The number of fused-ring (bicyclic) bond motifs is 1. The molecule has 3 rings (SSSR count). The van der Waals surface area contributed by atoms with Crippen molar-refractivity contribution in [2.45, 2.75) is 32.7 Å². The van der Waals surface area contributed by atoms with Gasteiger partial charge in [-0.15, -0.1) is 0 Å². The van der Waals surface area contributed by atoms with E-state index < -0.39 is 6.04 Å². The van der Waals surface area contributed by atoms with Crippen LogP contribution in [0.25, 0.3) is 5.52 Å². The van der Waals surface area contributed by atoms with Crippen molar-refractivity contribution >= 4 is 17.0 Å². The van der Waals surface area contributed by atoms with Gasteiger partial charge in [-0.2, -0.15) is 10.4 Å². The fourth-order valence-electron chi connectivity index (χ4n) is 3.65. The van der Waals surface area contributed by atoms with Crippen LogP contribution in [-0.2, 0) is 4.79 Å². The van der Waals surface area contributed by atoms with Gasteiger partial charge in [-0.05, 0) is 43.4 Å². The first-order valence-corrected chi connectivity index (χ1v) is 8.39. The number of nitriles is 1. The Balaban J connectivity index is 1.88. The molecular weight excluding hydrogens is 302 g/mol. The van der Waals surface area contributed by atoms with E-state index in [0.717, 1.165) is 30.7 Å². The summed E-state index contributed by atoms with van der Waals surface area (Å²) in [6.45, 7) is 5.74. The molecule has 6 nitrogen and oxygen atoms in total. The minimum absolute atomic E-state index is 0.128. The topological polar surface area (TPSA) is 87.4 Å². The monoisotopic (exact) mass is 325 g/mol. The van der Waals surface area contributed by atoms with Crippen LogP contribution in [0.2, 0.25) is 0 Å². The van der Waals surface area contributed by atoms with Gasteiger partial charge in [0.2, 0.25) is 0 Å². The lowest BCUT2D eigenvalue weighted by atomic mass is 9.86. The van der Waals surface area contributed by atoms with Gasteiger partial charge in [0.1, 0.15) is 17.5 Å². The Morgan fingerprint density at radius 3 is 2.96 bits per heavy atom. The molecule has 0 radical (unpaired) electrons. The number of nitrogens with zero attached hydrogens (tertiary/aromatic N) is 4. The Labute approximate surface area is 141 Å². The molecule has 2 aromatic heterocycles. The highest BCUT2D eigenvalue weighted by atomic mass is 16.1. The van der Waals surface area contributed by atoms with Crippen LogP contribution in [-0.4, -0.2) is 34.5 Å². The smallest absolute Gasteiger partial charge is 0.149 e. The average molecular weight is 325 g/mol. The Morgan fingerprint density at radius 1 is 1.46 bits per heavy atom. The van der Waals surface area contributed by atoms with Crippen LogP contribution in [0.5, 0.6) is 0 Å². The van der Waals surface area contributed by atoms with Crippen LogP contribution >= 0.6 is 0 Å². The Morgan fingerprint density at radius 2 is 2.25 bits per heavy atom. The van der Waals surface area contributed by atoms with Gasteiger partial charge in [0, 0.05) is 19.5 Å². The quantitative estimate of drug-likeness (QED) is 0.928. The summed E-state index contributed by atoms with van der Waals surface area (Å²) in [6, 6.07) is 7.48. The molecule has 3 heterocycles. The highest BCUT2D eigenvalue weighted by molar-refractivity contribution is 5.83. The zero-order chi connectivity index (χ0) is 17.3. The second-order valence-corrected chi connectivity index (χ2v) is 6.91. The molecule has 24 heavy (non-hydrogen) atoms. The molecule has 1 aliphatic heterocycles. The van der Waals surface area contributed by atoms with Gasteiger partial charge < -0.3 is 10.6 Å². The number of rotatable bonds is 4. The van der Waals surface area contributed by atoms with E-state index in [4.69, 9.17) is 5.73 Å². The Hall–Kier alpha value is -2.39. The summed E-state index contributed by atoms with van der Waals surface area (Å²) < 4.78 is 1.68. The van der Waals surface area contributed by atoms with Gasteiger partial charge in [-0.25, -0.2) is 4.52 Å². The van der Waals surface area contributed by atoms with Crippen molar-refractivity contribution in [1.29, 1.82) is 5.26 Å². The third kappa shape index (κ3) is 3.13. The van der Waals surface area contributed by atoms with E-state index in [1.165, 1.54) is 0 Å². The van der Waals surface area contributed by atoms with Crippen LogP contribution in [0.1, 0.15) is 32.4 Å². The highest BCUT2D eigenvalue weighted by Crippen LogP contribution is 2.31. The van der Waals surface area contributed by atoms with E-state index in [1.807, 2.05) is 12.1 Å². The average Bonchev–Trinajstić information content (AvgIpc) is 3.02. The summed E-state index contributed by atoms with van der Waals surface area (Å²) in [7, 11) is 0. The maximum atomic E-state index is 12.0. The van der Waals surface area contributed by atoms with E-state index >= 15 is 0 Å². The molecule has 0 unspecified atom stereocenters. The first-order valence-electron chi connectivity index (χ1n) is 8.39. The van der Waals surface area contributed by atoms with Gasteiger partial charge in [0.05, 0.1) is 23.4 Å². The van der Waals surface area contributed by atoms with Crippen molar-refractivity contribution in [2.24, 2.45) is 17.6 Å². The molecule has 0 bridgehead atoms. The fourth-order valence-corrected chi connectivity index (χ4v) is 3.65. The van der Waals surface area contributed by atoms with Crippen molar-refractivity contribution in [2.75, 3.05) is 18.0 Å². The molecule has 1 saturated heterocycles. The molecule has 0 aromatic carbocycles. The molecule has 6 heteroatoms. The highest BCUT2D eigenvalue weighted by Gasteiger charge is 2.28. The minimum Gasteiger partial charge on any atom is -0.369 e. The number of nitrogens with two attached hydrogens (primary N) is 1. The lowest BCUT2D eigenvalue weighted by molar-refractivity contribution is -0.121. The molecule has 0 amide bonds. The van der Waals surface area contributed by atoms with E-state index in [-0.39, 0.29) is 5.78 Å². The molecule has 1 fully saturated rings.